The number of aryl methyl sites for hydroxylation is 1. The first-order chi connectivity index (χ1) is 19.7. The molecule has 41 heavy (non-hydrogen) atoms. The summed E-state index contributed by atoms with van der Waals surface area (Å²) in [7, 11) is -3.88. The van der Waals surface area contributed by atoms with Crippen molar-refractivity contribution in [2.24, 2.45) is 5.92 Å². The lowest BCUT2D eigenvalue weighted by Crippen LogP contribution is -2.51. The first kappa shape index (κ1) is 30.4. The highest BCUT2D eigenvalue weighted by atomic mass is 31.2. The van der Waals surface area contributed by atoms with E-state index < -0.39 is 19.2 Å². The standard InChI is InChI=1S/C32H45O8P/c1-6-36-41(33,37-7-2)40-29-21-25(38-23(3)12-11-15-24-13-9-8-10-14-24)20-28-30(29)26-22-32(34-18-19-35-32)17-16-27(26)31(4,5)39-28/h8-10,13-14,20-21,23,26-27H,6-7,11-12,15-19,22H2,1-5H3/t23?,26-,27-/m1/s1. The smallest absolute Gasteiger partial charge is 0.490 e. The van der Waals surface area contributed by atoms with E-state index in [9.17, 15) is 4.57 Å². The number of phosphoric acid groups is 1. The summed E-state index contributed by atoms with van der Waals surface area (Å²) in [4.78, 5) is 0. The summed E-state index contributed by atoms with van der Waals surface area (Å²) in [6.45, 7) is 11.4. The topological polar surface area (TPSA) is 81.7 Å². The largest absolute Gasteiger partial charge is 0.530 e. The summed E-state index contributed by atoms with van der Waals surface area (Å²) >= 11 is 0. The third kappa shape index (κ3) is 6.94. The molecule has 2 heterocycles. The van der Waals surface area contributed by atoms with Crippen LogP contribution in [0.3, 0.4) is 0 Å². The van der Waals surface area contributed by atoms with Crippen LogP contribution in [0.15, 0.2) is 42.5 Å². The van der Waals surface area contributed by atoms with Gasteiger partial charge < -0.3 is 23.5 Å². The van der Waals surface area contributed by atoms with Crippen LogP contribution in [0.1, 0.15) is 83.8 Å². The normalized spacial score (nSPS) is 23.3. The average molecular weight is 589 g/mol. The van der Waals surface area contributed by atoms with E-state index in [4.69, 9.17) is 32.5 Å². The summed E-state index contributed by atoms with van der Waals surface area (Å²) in [6.07, 6.45) is 5.18. The van der Waals surface area contributed by atoms with Crippen molar-refractivity contribution in [3.05, 3.63) is 53.6 Å². The van der Waals surface area contributed by atoms with Crippen molar-refractivity contribution >= 4 is 7.82 Å². The van der Waals surface area contributed by atoms with Crippen LogP contribution in [-0.4, -0.2) is 43.9 Å². The Hall–Kier alpha value is -2.09. The van der Waals surface area contributed by atoms with Gasteiger partial charge in [0.2, 0.25) is 0 Å². The second kappa shape index (κ2) is 12.6. The second-order valence-corrected chi connectivity index (χ2v) is 13.4. The first-order valence-electron chi connectivity index (χ1n) is 15.1. The number of phosphoric ester groups is 1. The minimum absolute atomic E-state index is 0.00430. The van der Waals surface area contributed by atoms with E-state index in [-0.39, 0.29) is 31.2 Å². The zero-order chi connectivity index (χ0) is 29.1. The van der Waals surface area contributed by atoms with Gasteiger partial charge in [-0.25, -0.2) is 4.57 Å². The molecule has 1 saturated heterocycles. The van der Waals surface area contributed by atoms with E-state index in [2.05, 4.69) is 45.0 Å². The Balaban J connectivity index is 1.45. The van der Waals surface area contributed by atoms with Gasteiger partial charge in [-0.3, -0.25) is 9.05 Å². The minimum Gasteiger partial charge on any atom is -0.490 e. The molecule has 1 aliphatic carbocycles. The highest BCUT2D eigenvalue weighted by Gasteiger charge is 2.54. The summed E-state index contributed by atoms with van der Waals surface area (Å²) in [5.74, 6) is 1.24. The number of benzene rings is 2. The SMILES string of the molecule is CCOP(=O)(OCC)Oc1cc(OC(C)CCCc2ccccc2)cc2c1[C@@H]1CC3(CC[C@H]1C(C)(C)O2)OCCO3. The van der Waals surface area contributed by atoms with Gasteiger partial charge in [0.1, 0.15) is 22.8 Å². The van der Waals surface area contributed by atoms with Crippen molar-refractivity contribution in [3.8, 4) is 17.2 Å². The molecule has 2 aliphatic heterocycles. The summed E-state index contributed by atoms with van der Waals surface area (Å²) in [5.41, 5.74) is 1.73. The zero-order valence-corrected chi connectivity index (χ0v) is 26.0. The molecule has 2 aromatic carbocycles. The molecular weight excluding hydrogens is 543 g/mol. The van der Waals surface area contributed by atoms with Crippen LogP contribution in [-0.2, 0) is 29.5 Å². The molecule has 8 nitrogen and oxygen atoms in total. The highest BCUT2D eigenvalue weighted by molar-refractivity contribution is 7.48. The molecule has 0 radical (unpaired) electrons. The predicted octanol–water partition coefficient (Wildman–Crippen LogP) is 7.83. The Morgan fingerprint density at radius 2 is 1.76 bits per heavy atom. The number of ether oxygens (including phenoxy) is 4. The predicted molar refractivity (Wildman–Crippen MR) is 157 cm³/mol. The number of hydrogen-bond acceptors (Lipinski definition) is 8. The Labute approximate surface area is 244 Å². The van der Waals surface area contributed by atoms with Gasteiger partial charge in [-0.1, -0.05) is 30.3 Å². The van der Waals surface area contributed by atoms with Crippen LogP contribution in [0.5, 0.6) is 17.2 Å². The Bertz CT molecular complexity index is 1200. The van der Waals surface area contributed by atoms with E-state index in [1.165, 1.54) is 5.56 Å². The van der Waals surface area contributed by atoms with E-state index in [0.717, 1.165) is 37.7 Å². The van der Waals surface area contributed by atoms with Crippen molar-refractivity contribution in [1.82, 2.24) is 0 Å². The summed E-state index contributed by atoms with van der Waals surface area (Å²) in [5, 5.41) is 0. The van der Waals surface area contributed by atoms with Crippen molar-refractivity contribution in [3.63, 3.8) is 0 Å². The molecular formula is C32H45O8P. The molecule has 0 aromatic heterocycles. The molecule has 1 saturated carbocycles. The third-order valence-electron chi connectivity index (χ3n) is 8.42. The average Bonchev–Trinajstić information content (AvgIpc) is 3.36. The molecule has 2 aromatic rings. The Morgan fingerprint density at radius 3 is 2.44 bits per heavy atom. The lowest BCUT2D eigenvalue weighted by molar-refractivity contribution is -0.198. The van der Waals surface area contributed by atoms with E-state index in [1.54, 1.807) is 13.8 Å². The lowest BCUT2D eigenvalue weighted by atomic mass is 9.65. The van der Waals surface area contributed by atoms with Crippen LogP contribution < -0.4 is 14.0 Å². The van der Waals surface area contributed by atoms with Crippen molar-refractivity contribution in [2.75, 3.05) is 26.4 Å². The van der Waals surface area contributed by atoms with E-state index >= 15 is 0 Å². The van der Waals surface area contributed by atoms with Gasteiger partial charge in [0.25, 0.3) is 0 Å². The molecule has 3 atom stereocenters. The molecule has 0 amide bonds. The van der Waals surface area contributed by atoms with Crippen molar-refractivity contribution < 1.29 is 37.1 Å². The van der Waals surface area contributed by atoms with Gasteiger partial charge in [0, 0.05) is 42.4 Å². The quantitative estimate of drug-likeness (QED) is 0.232. The molecule has 1 unspecified atom stereocenters. The fraction of sp³-hybridized carbons (Fsp3) is 0.625. The van der Waals surface area contributed by atoms with E-state index in [1.807, 2.05) is 18.2 Å². The maximum atomic E-state index is 13.6. The van der Waals surface area contributed by atoms with Crippen LogP contribution in [0.2, 0.25) is 0 Å². The van der Waals surface area contributed by atoms with Crippen molar-refractivity contribution in [1.29, 1.82) is 0 Å². The molecule has 9 heteroatoms. The Morgan fingerprint density at radius 1 is 1.05 bits per heavy atom. The molecule has 0 N–H and O–H groups in total. The monoisotopic (exact) mass is 588 g/mol. The van der Waals surface area contributed by atoms with E-state index in [0.29, 0.717) is 36.9 Å². The highest BCUT2D eigenvalue weighted by Crippen LogP contribution is 2.60. The van der Waals surface area contributed by atoms with Crippen LogP contribution in [0.25, 0.3) is 0 Å². The van der Waals surface area contributed by atoms with Gasteiger partial charge in [-0.05, 0) is 65.9 Å². The van der Waals surface area contributed by atoms with Crippen LogP contribution in [0.4, 0.5) is 0 Å². The Kier molecular flexibility index (Phi) is 9.37. The van der Waals surface area contributed by atoms with Crippen LogP contribution in [0, 0.1) is 5.92 Å². The summed E-state index contributed by atoms with van der Waals surface area (Å²) < 4.78 is 56.2. The molecule has 5 rings (SSSR count). The second-order valence-electron chi connectivity index (χ2n) is 11.8. The first-order valence-corrected chi connectivity index (χ1v) is 16.6. The number of rotatable bonds is 12. The third-order valence-corrected chi connectivity index (χ3v) is 9.99. The molecule has 2 fully saturated rings. The van der Waals surface area contributed by atoms with Crippen molar-refractivity contribution in [2.45, 2.75) is 96.6 Å². The molecule has 3 aliphatic rings. The molecule has 1 spiro atoms. The molecule has 0 bridgehead atoms. The number of hydrogen-bond donors (Lipinski definition) is 0. The maximum absolute atomic E-state index is 13.6. The number of fused-ring (bicyclic) bond motifs is 3. The lowest BCUT2D eigenvalue weighted by Gasteiger charge is -2.51. The van der Waals surface area contributed by atoms with Gasteiger partial charge in [0.05, 0.1) is 32.5 Å². The van der Waals surface area contributed by atoms with Gasteiger partial charge in [0.15, 0.2) is 5.79 Å². The zero-order valence-electron chi connectivity index (χ0n) is 25.1. The minimum atomic E-state index is -3.88. The summed E-state index contributed by atoms with van der Waals surface area (Å²) in [6, 6.07) is 14.2. The van der Waals surface area contributed by atoms with Gasteiger partial charge in [-0.2, -0.15) is 0 Å². The van der Waals surface area contributed by atoms with Gasteiger partial charge >= 0.3 is 7.82 Å². The molecule has 226 valence electrons. The van der Waals surface area contributed by atoms with Crippen LogP contribution >= 0.6 is 7.82 Å². The van der Waals surface area contributed by atoms with Gasteiger partial charge in [-0.15, -0.1) is 0 Å². The maximum Gasteiger partial charge on any atom is 0.530 e. The fourth-order valence-electron chi connectivity index (χ4n) is 6.64. The fourth-order valence-corrected chi connectivity index (χ4v) is 7.84.